The molecule has 0 fully saturated rings. The van der Waals surface area contributed by atoms with Gasteiger partial charge in [0.25, 0.3) is 11.8 Å². The van der Waals surface area contributed by atoms with E-state index in [0.717, 1.165) is 0 Å². The van der Waals surface area contributed by atoms with Crippen molar-refractivity contribution in [2.75, 3.05) is 6.61 Å². The first-order valence-corrected chi connectivity index (χ1v) is 8.93. The van der Waals surface area contributed by atoms with Crippen LogP contribution in [0.5, 0.6) is 5.75 Å². The highest BCUT2D eigenvalue weighted by Crippen LogP contribution is 2.25. The van der Waals surface area contributed by atoms with E-state index in [4.69, 9.17) is 9.15 Å². The van der Waals surface area contributed by atoms with Gasteiger partial charge >= 0.3 is 0 Å². The normalized spacial score (nSPS) is 10.7. The molecule has 0 spiro atoms. The topological polar surface area (TPSA) is 80.6 Å². The fourth-order valence-electron chi connectivity index (χ4n) is 2.51. The lowest BCUT2D eigenvalue weighted by molar-refractivity contribution is -0.117. The van der Waals surface area contributed by atoms with Gasteiger partial charge in [-0.25, -0.2) is 4.39 Å². The van der Waals surface area contributed by atoms with Crippen LogP contribution >= 0.6 is 0 Å². The van der Waals surface area contributed by atoms with Crippen LogP contribution in [0.25, 0.3) is 17.4 Å². The second-order valence-corrected chi connectivity index (χ2v) is 5.92. The van der Waals surface area contributed by atoms with E-state index < -0.39 is 17.6 Å². The molecule has 3 aromatic rings. The Morgan fingerprint density at radius 3 is 2.52 bits per heavy atom. The predicted molar refractivity (Wildman–Crippen MR) is 106 cm³/mol. The standard InChI is InChI=1S/C22H19FN2O4/c1-2-28-16-9-7-15(8-10-16)22(27)25-24-21(26)14-12-17-11-13-20(29-17)18-5-3-4-6-19(18)23/h3-14H,2H2,1H3,(H,24,26)(H,25,27)/b14-12+. The van der Waals surface area contributed by atoms with Gasteiger partial charge < -0.3 is 9.15 Å². The molecule has 2 aromatic carbocycles. The van der Waals surface area contributed by atoms with Gasteiger partial charge in [-0.3, -0.25) is 20.4 Å². The van der Waals surface area contributed by atoms with E-state index in [1.54, 1.807) is 54.6 Å². The van der Waals surface area contributed by atoms with Crippen LogP contribution in [0.15, 0.2) is 71.2 Å². The van der Waals surface area contributed by atoms with E-state index in [2.05, 4.69) is 10.9 Å². The zero-order valence-corrected chi connectivity index (χ0v) is 15.6. The molecule has 7 heteroatoms. The lowest BCUT2D eigenvalue weighted by Gasteiger charge is -2.06. The number of halogens is 1. The van der Waals surface area contributed by atoms with Crippen LogP contribution in [0.2, 0.25) is 0 Å². The number of nitrogens with one attached hydrogen (secondary N) is 2. The zero-order valence-electron chi connectivity index (χ0n) is 15.6. The Kier molecular flexibility index (Phi) is 6.42. The Morgan fingerprint density at radius 2 is 1.79 bits per heavy atom. The van der Waals surface area contributed by atoms with Crippen LogP contribution in [-0.2, 0) is 4.79 Å². The second-order valence-electron chi connectivity index (χ2n) is 5.92. The summed E-state index contributed by atoms with van der Waals surface area (Å²) in [5.74, 6) is -0.0256. The first-order chi connectivity index (χ1) is 14.1. The summed E-state index contributed by atoms with van der Waals surface area (Å²) in [7, 11) is 0. The Balaban J connectivity index is 1.53. The minimum atomic E-state index is -0.548. The maximum absolute atomic E-state index is 13.8. The summed E-state index contributed by atoms with van der Waals surface area (Å²) in [6, 6.07) is 16.0. The van der Waals surface area contributed by atoms with Gasteiger partial charge in [0.15, 0.2) is 0 Å². The molecule has 0 saturated carbocycles. The molecule has 0 aliphatic heterocycles. The van der Waals surface area contributed by atoms with E-state index in [1.165, 1.54) is 18.2 Å². The molecule has 2 N–H and O–H groups in total. The number of carbonyl (C=O) groups is 2. The van der Waals surface area contributed by atoms with Crippen LogP contribution in [0, 0.1) is 5.82 Å². The molecule has 0 radical (unpaired) electrons. The summed E-state index contributed by atoms with van der Waals surface area (Å²) in [5, 5.41) is 0. The fourth-order valence-corrected chi connectivity index (χ4v) is 2.51. The number of hydrogen-bond acceptors (Lipinski definition) is 4. The summed E-state index contributed by atoms with van der Waals surface area (Å²) in [5.41, 5.74) is 5.30. The first kappa shape index (κ1) is 19.9. The number of carbonyl (C=O) groups excluding carboxylic acids is 2. The largest absolute Gasteiger partial charge is 0.494 e. The van der Waals surface area contributed by atoms with Crippen molar-refractivity contribution in [3.8, 4) is 17.1 Å². The number of hydrogen-bond donors (Lipinski definition) is 2. The number of benzene rings is 2. The molecule has 0 unspecified atom stereocenters. The zero-order chi connectivity index (χ0) is 20.6. The number of hydrazine groups is 1. The van der Waals surface area contributed by atoms with Crippen LogP contribution in [0.3, 0.4) is 0 Å². The number of ether oxygens (including phenoxy) is 1. The average Bonchev–Trinajstić information content (AvgIpc) is 3.20. The third-order valence-corrected chi connectivity index (χ3v) is 3.89. The van der Waals surface area contributed by atoms with Gasteiger partial charge in [-0.1, -0.05) is 12.1 Å². The highest BCUT2D eigenvalue weighted by Gasteiger charge is 2.09. The molecule has 1 heterocycles. The molecule has 29 heavy (non-hydrogen) atoms. The van der Waals surface area contributed by atoms with Crippen molar-refractivity contribution in [1.29, 1.82) is 0 Å². The summed E-state index contributed by atoms with van der Waals surface area (Å²) < 4.78 is 24.6. The highest BCUT2D eigenvalue weighted by molar-refractivity contribution is 5.97. The minimum absolute atomic E-state index is 0.333. The van der Waals surface area contributed by atoms with Gasteiger partial charge in [0.05, 0.1) is 12.2 Å². The van der Waals surface area contributed by atoms with Crippen molar-refractivity contribution in [2.45, 2.75) is 6.92 Å². The third kappa shape index (κ3) is 5.32. The number of rotatable bonds is 6. The highest BCUT2D eigenvalue weighted by atomic mass is 19.1. The molecular formula is C22H19FN2O4. The van der Waals surface area contributed by atoms with Crippen molar-refractivity contribution < 1.29 is 23.1 Å². The van der Waals surface area contributed by atoms with Crippen molar-refractivity contribution in [3.63, 3.8) is 0 Å². The lowest BCUT2D eigenvalue weighted by atomic mass is 10.1. The average molecular weight is 394 g/mol. The smallest absolute Gasteiger partial charge is 0.269 e. The van der Waals surface area contributed by atoms with Crippen LogP contribution in [-0.4, -0.2) is 18.4 Å². The van der Waals surface area contributed by atoms with E-state index in [1.807, 2.05) is 6.92 Å². The molecule has 148 valence electrons. The maximum Gasteiger partial charge on any atom is 0.269 e. The van der Waals surface area contributed by atoms with Gasteiger partial charge in [0, 0.05) is 11.6 Å². The van der Waals surface area contributed by atoms with Crippen LogP contribution in [0.1, 0.15) is 23.0 Å². The van der Waals surface area contributed by atoms with Crippen molar-refractivity contribution in [2.24, 2.45) is 0 Å². The number of furan rings is 1. The Hall–Kier alpha value is -3.87. The maximum atomic E-state index is 13.8. The Bertz CT molecular complexity index is 1030. The summed E-state index contributed by atoms with van der Waals surface area (Å²) >= 11 is 0. The molecule has 0 atom stereocenters. The van der Waals surface area contributed by atoms with Gasteiger partial charge in [-0.05, 0) is 61.5 Å². The van der Waals surface area contributed by atoms with Gasteiger partial charge in [-0.15, -0.1) is 0 Å². The van der Waals surface area contributed by atoms with Gasteiger partial charge in [0.2, 0.25) is 0 Å². The molecule has 0 saturated heterocycles. The minimum Gasteiger partial charge on any atom is -0.494 e. The molecular weight excluding hydrogens is 375 g/mol. The van der Waals surface area contributed by atoms with Crippen molar-refractivity contribution in [1.82, 2.24) is 10.9 Å². The van der Waals surface area contributed by atoms with Crippen LogP contribution < -0.4 is 15.6 Å². The molecule has 0 aliphatic rings. The number of amides is 2. The summed E-state index contributed by atoms with van der Waals surface area (Å²) in [6.45, 7) is 2.40. The monoisotopic (exact) mass is 394 g/mol. The van der Waals surface area contributed by atoms with E-state index in [-0.39, 0.29) is 0 Å². The quantitative estimate of drug-likeness (QED) is 0.490. The molecule has 0 bridgehead atoms. The Labute approximate surface area is 167 Å². The van der Waals surface area contributed by atoms with E-state index in [9.17, 15) is 14.0 Å². The van der Waals surface area contributed by atoms with E-state index in [0.29, 0.717) is 35.0 Å². The molecule has 6 nitrogen and oxygen atoms in total. The first-order valence-electron chi connectivity index (χ1n) is 8.93. The summed E-state index contributed by atoms with van der Waals surface area (Å²) in [6.07, 6.45) is 2.62. The Morgan fingerprint density at radius 1 is 1.03 bits per heavy atom. The molecule has 2 amide bonds. The van der Waals surface area contributed by atoms with Crippen molar-refractivity contribution >= 4 is 17.9 Å². The fraction of sp³-hybridized carbons (Fsp3) is 0.0909. The lowest BCUT2D eigenvalue weighted by Crippen LogP contribution is -2.40. The van der Waals surface area contributed by atoms with E-state index >= 15 is 0 Å². The summed E-state index contributed by atoms with van der Waals surface area (Å²) in [4.78, 5) is 23.9. The molecule has 0 aliphatic carbocycles. The third-order valence-electron chi connectivity index (χ3n) is 3.89. The van der Waals surface area contributed by atoms with Crippen molar-refractivity contribution in [3.05, 3.63) is 83.9 Å². The van der Waals surface area contributed by atoms with Gasteiger partial charge in [-0.2, -0.15) is 0 Å². The van der Waals surface area contributed by atoms with Crippen LogP contribution in [0.4, 0.5) is 4.39 Å². The van der Waals surface area contributed by atoms with Gasteiger partial charge in [0.1, 0.15) is 23.1 Å². The SMILES string of the molecule is CCOc1ccc(C(=O)NNC(=O)/C=C/c2ccc(-c3ccccc3F)o2)cc1. The molecule has 3 rings (SSSR count). The molecule has 1 aromatic heterocycles. The predicted octanol–water partition coefficient (Wildman–Crippen LogP) is 3.96. The second kappa shape index (κ2) is 9.36.